The van der Waals surface area contributed by atoms with Crippen LogP contribution in [-0.4, -0.2) is 15.0 Å². The first-order valence-electron chi connectivity index (χ1n) is 19.7. The molecule has 0 aliphatic carbocycles. The van der Waals surface area contributed by atoms with Crippen molar-refractivity contribution in [2.24, 2.45) is 0 Å². The Labute approximate surface area is 336 Å². The van der Waals surface area contributed by atoms with Crippen LogP contribution in [-0.2, 0) is 0 Å². The minimum absolute atomic E-state index is 0.699. The fourth-order valence-electron chi connectivity index (χ4n) is 8.46. The van der Waals surface area contributed by atoms with Gasteiger partial charge in [0.1, 0.15) is 0 Å². The molecule has 0 fully saturated rings. The number of benzene rings is 9. The van der Waals surface area contributed by atoms with Crippen LogP contribution in [0.1, 0.15) is 0 Å². The minimum Gasteiger partial charge on any atom is -0.247 e. The number of rotatable bonds is 6. The summed E-state index contributed by atoms with van der Waals surface area (Å²) >= 11 is 0. The Kier molecular flexibility index (Phi) is 8.15. The van der Waals surface area contributed by atoms with Gasteiger partial charge in [-0.1, -0.05) is 188 Å². The van der Waals surface area contributed by atoms with E-state index >= 15 is 0 Å². The number of hydrogen-bond donors (Lipinski definition) is 0. The van der Waals surface area contributed by atoms with Crippen LogP contribution in [0.5, 0.6) is 0 Å². The average Bonchev–Trinajstić information content (AvgIpc) is 3.31. The van der Waals surface area contributed by atoms with E-state index in [9.17, 15) is 0 Å². The van der Waals surface area contributed by atoms with E-state index in [1.165, 1.54) is 43.3 Å². The maximum atomic E-state index is 5.39. The van der Waals surface area contributed by atoms with E-state index < -0.39 is 0 Å². The van der Waals surface area contributed by atoms with Gasteiger partial charge in [-0.25, -0.2) is 15.0 Å². The van der Waals surface area contributed by atoms with Gasteiger partial charge in [-0.2, -0.15) is 0 Å². The predicted octanol–water partition coefficient (Wildman–Crippen LogP) is 14.5. The van der Waals surface area contributed by atoms with Crippen molar-refractivity contribution in [3.63, 3.8) is 0 Å². The highest BCUT2D eigenvalue weighted by Crippen LogP contribution is 2.43. The van der Waals surface area contributed by atoms with Crippen LogP contribution < -0.4 is 0 Å². The van der Waals surface area contributed by atoms with E-state index in [0.717, 1.165) is 61.5 Å². The molecule has 11 rings (SSSR count). The average molecular weight is 738 g/mol. The predicted molar refractivity (Wildman–Crippen MR) is 242 cm³/mol. The maximum Gasteiger partial charge on any atom is 0.160 e. The molecule has 0 bridgehead atoms. The molecule has 0 unspecified atom stereocenters. The van der Waals surface area contributed by atoms with Crippen LogP contribution in [0.25, 0.3) is 111 Å². The van der Waals surface area contributed by atoms with E-state index in [0.29, 0.717) is 5.82 Å². The van der Waals surface area contributed by atoms with Crippen LogP contribution in [0.3, 0.4) is 0 Å². The standard InChI is InChI=1S/C55H35N3/c1-3-15-36(16-4-1)40-19-13-21-42(33-40)51-35-50(57-55(58-51)39-17-5-2-6-18-39)38-31-29-37(30-32-38)41-20-14-22-43(34-41)54-53-47-26-10-8-24-45(47)44-23-7-9-25-46(44)52(53)48-27-11-12-28-49(48)56-54/h1-35H. The molecule has 0 saturated heterocycles. The van der Waals surface area contributed by atoms with Crippen LogP contribution >= 0.6 is 0 Å². The molecule has 3 heteroatoms. The third-order valence-corrected chi connectivity index (χ3v) is 11.2. The Hall–Kier alpha value is -7.75. The van der Waals surface area contributed by atoms with Gasteiger partial charge in [-0.3, -0.25) is 0 Å². The number of fused-ring (bicyclic) bond motifs is 8. The summed E-state index contributed by atoms with van der Waals surface area (Å²) in [7, 11) is 0. The second-order valence-electron chi connectivity index (χ2n) is 14.8. The first kappa shape index (κ1) is 33.6. The number of pyridine rings is 1. The topological polar surface area (TPSA) is 38.7 Å². The van der Waals surface area contributed by atoms with Crippen molar-refractivity contribution in [1.82, 2.24) is 15.0 Å². The normalized spacial score (nSPS) is 11.4. The fraction of sp³-hybridized carbons (Fsp3) is 0. The Morgan fingerprint density at radius 3 is 1.36 bits per heavy atom. The minimum atomic E-state index is 0.699. The lowest BCUT2D eigenvalue weighted by atomic mass is 9.89. The highest BCUT2D eigenvalue weighted by atomic mass is 14.9. The fourth-order valence-corrected chi connectivity index (χ4v) is 8.46. The van der Waals surface area contributed by atoms with Gasteiger partial charge in [0, 0.05) is 38.4 Å². The molecule has 0 atom stereocenters. The third kappa shape index (κ3) is 5.89. The molecule has 2 heterocycles. The molecule has 58 heavy (non-hydrogen) atoms. The molecule has 0 amide bonds. The molecule has 0 aliphatic heterocycles. The molecule has 9 aromatic carbocycles. The molecule has 11 aromatic rings. The molecule has 0 spiro atoms. The summed E-state index contributed by atoms with van der Waals surface area (Å²) in [5.74, 6) is 0.699. The Morgan fingerprint density at radius 2 is 0.690 bits per heavy atom. The van der Waals surface area contributed by atoms with Gasteiger partial charge < -0.3 is 0 Å². The monoisotopic (exact) mass is 737 g/mol. The van der Waals surface area contributed by atoms with Crippen molar-refractivity contribution < 1.29 is 0 Å². The lowest BCUT2D eigenvalue weighted by Gasteiger charge is -2.16. The largest absolute Gasteiger partial charge is 0.247 e. The maximum absolute atomic E-state index is 5.39. The molecular weight excluding hydrogens is 703 g/mol. The number of aromatic nitrogens is 3. The molecule has 270 valence electrons. The zero-order chi connectivity index (χ0) is 38.4. The lowest BCUT2D eigenvalue weighted by molar-refractivity contribution is 1.18. The number of hydrogen-bond acceptors (Lipinski definition) is 3. The van der Waals surface area contributed by atoms with Crippen LogP contribution in [0.2, 0.25) is 0 Å². The highest BCUT2D eigenvalue weighted by molar-refractivity contribution is 6.33. The summed E-state index contributed by atoms with van der Waals surface area (Å²) in [6.45, 7) is 0. The zero-order valence-corrected chi connectivity index (χ0v) is 31.5. The summed E-state index contributed by atoms with van der Waals surface area (Å²) in [5, 5.41) is 8.55. The molecule has 0 radical (unpaired) electrons. The molecule has 0 aliphatic rings. The Balaban J connectivity index is 1.02. The van der Waals surface area contributed by atoms with E-state index in [1.54, 1.807) is 0 Å². The van der Waals surface area contributed by atoms with E-state index in [4.69, 9.17) is 15.0 Å². The summed E-state index contributed by atoms with van der Waals surface area (Å²) in [6, 6.07) is 75.0. The summed E-state index contributed by atoms with van der Waals surface area (Å²) in [6.07, 6.45) is 0. The van der Waals surface area contributed by atoms with Gasteiger partial charge in [-0.15, -0.1) is 0 Å². The van der Waals surface area contributed by atoms with Crippen molar-refractivity contribution in [2.45, 2.75) is 0 Å². The second kappa shape index (κ2) is 14.1. The van der Waals surface area contributed by atoms with Gasteiger partial charge in [-0.05, 0) is 68.1 Å². The van der Waals surface area contributed by atoms with E-state index in [1.807, 2.05) is 24.3 Å². The number of nitrogens with zero attached hydrogens (tertiary/aromatic N) is 3. The first-order valence-corrected chi connectivity index (χ1v) is 19.7. The second-order valence-corrected chi connectivity index (χ2v) is 14.8. The van der Waals surface area contributed by atoms with Crippen LogP contribution in [0.15, 0.2) is 212 Å². The summed E-state index contributed by atoms with van der Waals surface area (Å²) in [5.41, 5.74) is 12.5. The SMILES string of the molecule is c1ccc(-c2cccc(-c3cc(-c4ccc(-c5cccc(-c6nc7ccccc7c7c8ccccc8c8ccccc8c67)c5)cc4)nc(-c4ccccc4)n3)c2)cc1. The van der Waals surface area contributed by atoms with Crippen LogP contribution in [0.4, 0.5) is 0 Å². The summed E-state index contributed by atoms with van der Waals surface area (Å²) < 4.78 is 0. The molecule has 2 aromatic heterocycles. The zero-order valence-electron chi connectivity index (χ0n) is 31.5. The lowest BCUT2D eigenvalue weighted by Crippen LogP contribution is -1.96. The molecular formula is C55H35N3. The first-order chi connectivity index (χ1) is 28.7. The van der Waals surface area contributed by atoms with Crippen molar-refractivity contribution in [3.8, 4) is 67.4 Å². The van der Waals surface area contributed by atoms with Gasteiger partial charge in [0.2, 0.25) is 0 Å². The van der Waals surface area contributed by atoms with Crippen LogP contribution in [0, 0.1) is 0 Å². The number of para-hydroxylation sites is 1. The summed E-state index contributed by atoms with van der Waals surface area (Å²) in [4.78, 5) is 15.6. The van der Waals surface area contributed by atoms with Gasteiger partial charge in [0.25, 0.3) is 0 Å². The third-order valence-electron chi connectivity index (χ3n) is 11.2. The van der Waals surface area contributed by atoms with Gasteiger partial charge >= 0.3 is 0 Å². The Bertz CT molecular complexity index is 3320. The smallest absolute Gasteiger partial charge is 0.160 e. The van der Waals surface area contributed by atoms with Crippen molar-refractivity contribution in [3.05, 3.63) is 212 Å². The van der Waals surface area contributed by atoms with Crippen molar-refractivity contribution in [2.75, 3.05) is 0 Å². The van der Waals surface area contributed by atoms with Gasteiger partial charge in [0.05, 0.1) is 22.6 Å². The Morgan fingerprint density at radius 1 is 0.241 bits per heavy atom. The van der Waals surface area contributed by atoms with Crippen molar-refractivity contribution in [1.29, 1.82) is 0 Å². The highest BCUT2D eigenvalue weighted by Gasteiger charge is 2.18. The van der Waals surface area contributed by atoms with E-state index in [2.05, 4.69) is 188 Å². The van der Waals surface area contributed by atoms with Gasteiger partial charge in [0.15, 0.2) is 5.82 Å². The molecule has 3 nitrogen and oxygen atoms in total. The molecule has 0 saturated carbocycles. The quantitative estimate of drug-likeness (QED) is 0.160. The van der Waals surface area contributed by atoms with Crippen molar-refractivity contribution >= 4 is 43.2 Å². The van der Waals surface area contributed by atoms with E-state index in [-0.39, 0.29) is 0 Å². The molecule has 0 N–H and O–H groups in total.